The van der Waals surface area contributed by atoms with Crippen LogP contribution < -0.4 is 10.2 Å². The summed E-state index contributed by atoms with van der Waals surface area (Å²) in [4.78, 5) is 25.6. The van der Waals surface area contributed by atoms with Gasteiger partial charge >= 0.3 is 0 Å². The number of amides is 2. The van der Waals surface area contributed by atoms with E-state index in [1.807, 2.05) is 6.07 Å². The van der Waals surface area contributed by atoms with E-state index in [0.29, 0.717) is 27.7 Å². The van der Waals surface area contributed by atoms with Crippen LogP contribution in [0.2, 0.25) is 10.0 Å². The summed E-state index contributed by atoms with van der Waals surface area (Å²) in [5.41, 5.74) is 2.68. The highest BCUT2D eigenvalue weighted by Crippen LogP contribution is 2.30. The van der Waals surface area contributed by atoms with Crippen molar-refractivity contribution in [2.75, 3.05) is 17.3 Å². The van der Waals surface area contributed by atoms with Gasteiger partial charge in [0, 0.05) is 23.4 Å². The van der Waals surface area contributed by atoms with Gasteiger partial charge in [-0.1, -0.05) is 23.2 Å². The highest BCUT2D eigenvalue weighted by Gasteiger charge is 2.24. The van der Waals surface area contributed by atoms with Gasteiger partial charge in [0.15, 0.2) is 0 Å². The Morgan fingerprint density at radius 3 is 2.73 bits per heavy atom. The molecule has 0 unspecified atom stereocenters. The zero-order valence-electron chi connectivity index (χ0n) is 11.7. The lowest BCUT2D eigenvalue weighted by atomic mass is 10.1. The van der Waals surface area contributed by atoms with Crippen LogP contribution in [0.25, 0.3) is 0 Å². The molecule has 112 valence electrons. The molecule has 1 aliphatic rings. The summed E-state index contributed by atoms with van der Waals surface area (Å²) in [5.74, 6) is -0.304. The quantitative estimate of drug-likeness (QED) is 0.908. The zero-order valence-corrected chi connectivity index (χ0v) is 13.2. The second-order valence-corrected chi connectivity index (χ2v) is 5.89. The number of hydrogen-bond donors (Lipinski definition) is 1. The lowest BCUT2D eigenvalue weighted by Gasteiger charge is -2.11. The molecular formula is C16H12Cl2N2O2. The summed E-state index contributed by atoms with van der Waals surface area (Å²) in [5, 5.41) is 3.55. The molecule has 1 N–H and O–H groups in total. The van der Waals surface area contributed by atoms with Crippen molar-refractivity contribution in [3.05, 3.63) is 57.6 Å². The van der Waals surface area contributed by atoms with Gasteiger partial charge in [0.2, 0.25) is 5.91 Å². The maximum atomic E-state index is 12.3. The summed E-state index contributed by atoms with van der Waals surface area (Å²) in [7, 11) is 1.73. The number of nitrogens with zero attached hydrogens (tertiary/aromatic N) is 1. The molecule has 0 fully saturated rings. The maximum absolute atomic E-state index is 12.3. The van der Waals surface area contributed by atoms with Crippen LogP contribution in [-0.4, -0.2) is 18.9 Å². The first-order chi connectivity index (χ1) is 10.5. The summed E-state index contributed by atoms with van der Waals surface area (Å²) in [6, 6.07) is 10.1. The Labute approximate surface area is 137 Å². The number of halogens is 2. The summed E-state index contributed by atoms with van der Waals surface area (Å²) < 4.78 is 0. The standard InChI is InChI=1S/C16H12Cl2N2O2/c1-20-14-5-3-11(6-9(14)7-15(20)21)19-16(22)12-8-10(17)2-4-13(12)18/h2-6,8H,7H2,1H3,(H,19,22). The summed E-state index contributed by atoms with van der Waals surface area (Å²) >= 11 is 11.9. The van der Waals surface area contributed by atoms with Gasteiger partial charge in [-0.15, -0.1) is 0 Å². The van der Waals surface area contributed by atoms with Crippen molar-refractivity contribution < 1.29 is 9.59 Å². The topological polar surface area (TPSA) is 49.4 Å². The Balaban J connectivity index is 1.85. The van der Waals surface area contributed by atoms with Gasteiger partial charge < -0.3 is 10.2 Å². The first-order valence-electron chi connectivity index (χ1n) is 6.61. The molecule has 22 heavy (non-hydrogen) atoms. The summed E-state index contributed by atoms with van der Waals surface area (Å²) in [6.45, 7) is 0. The number of likely N-dealkylation sites (N-methyl/N-ethyl adjacent to an activating group) is 1. The Morgan fingerprint density at radius 2 is 1.95 bits per heavy atom. The van der Waals surface area contributed by atoms with E-state index in [1.54, 1.807) is 36.2 Å². The predicted molar refractivity (Wildman–Crippen MR) is 88.0 cm³/mol. The highest BCUT2D eigenvalue weighted by atomic mass is 35.5. The smallest absolute Gasteiger partial charge is 0.257 e. The van der Waals surface area contributed by atoms with Crippen LogP contribution in [0.1, 0.15) is 15.9 Å². The van der Waals surface area contributed by atoms with Gasteiger partial charge in [0.1, 0.15) is 0 Å². The van der Waals surface area contributed by atoms with E-state index in [0.717, 1.165) is 11.3 Å². The molecule has 0 saturated heterocycles. The van der Waals surface area contributed by atoms with Crippen molar-refractivity contribution in [1.82, 2.24) is 0 Å². The number of carbonyl (C=O) groups excluding carboxylic acids is 2. The van der Waals surface area contributed by atoms with Crippen LogP contribution in [0.3, 0.4) is 0 Å². The lowest BCUT2D eigenvalue weighted by molar-refractivity contribution is -0.117. The number of rotatable bonds is 2. The van der Waals surface area contributed by atoms with E-state index < -0.39 is 0 Å². The Bertz CT molecular complexity index is 790. The van der Waals surface area contributed by atoms with Crippen LogP contribution >= 0.6 is 23.2 Å². The monoisotopic (exact) mass is 334 g/mol. The van der Waals surface area contributed by atoms with Gasteiger partial charge in [-0.2, -0.15) is 0 Å². The third-order valence-electron chi connectivity index (χ3n) is 3.59. The predicted octanol–water partition coefficient (Wildman–Crippen LogP) is 3.76. The molecule has 3 rings (SSSR count). The molecule has 0 atom stereocenters. The van der Waals surface area contributed by atoms with E-state index >= 15 is 0 Å². The molecule has 2 amide bonds. The normalized spacial score (nSPS) is 13.2. The van der Waals surface area contributed by atoms with Crippen molar-refractivity contribution in [2.45, 2.75) is 6.42 Å². The molecule has 6 heteroatoms. The van der Waals surface area contributed by atoms with E-state index in [2.05, 4.69) is 5.32 Å². The van der Waals surface area contributed by atoms with E-state index in [9.17, 15) is 9.59 Å². The van der Waals surface area contributed by atoms with Crippen molar-refractivity contribution in [3.63, 3.8) is 0 Å². The van der Waals surface area contributed by atoms with Crippen LogP contribution in [-0.2, 0) is 11.2 Å². The van der Waals surface area contributed by atoms with E-state index in [-0.39, 0.29) is 11.8 Å². The van der Waals surface area contributed by atoms with Crippen molar-refractivity contribution in [3.8, 4) is 0 Å². The first-order valence-corrected chi connectivity index (χ1v) is 7.37. The highest BCUT2D eigenvalue weighted by molar-refractivity contribution is 6.36. The third kappa shape index (κ3) is 2.67. The van der Waals surface area contributed by atoms with Crippen molar-refractivity contribution in [1.29, 1.82) is 0 Å². The average Bonchev–Trinajstić information content (AvgIpc) is 2.76. The molecule has 4 nitrogen and oxygen atoms in total. The minimum atomic E-state index is -0.342. The minimum absolute atomic E-state index is 0.0383. The minimum Gasteiger partial charge on any atom is -0.322 e. The zero-order chi connectivity index (χ0) is 15.9. The molecule has 0 aliphatic carbocycles. The molecule has 0 saturated carbocycles. The molecule has 0 radical (unpaired) electrons. The third-order valence-corrected chi connectivity index (χ3v) is 4.15. The van der Waals surface area contributed by atoms with Gasteiger partial charge in [0.25, 0.3) is 5.91 Å². The van der Waals surface area contributed by atoms with Gasteiger partial charge in [0.05, 0.1) is 17.0 Å². The fourth-order valence-corrected chi connectivity index (χ4v) is 2.79. The molecule has 0 bridgehead atoms. The molecule has 0 spiro atoms. The lowest BCUT2D eigenvalue weighted by Crippen LogP contribution is -2.20. The number of fused-ring (bicyclic) bond motifs is 1. The van der Waals surface area contributed by atoms with Crippen LogP contribution in [0.4, 0.5) is 11.4 Å². The number of anilines is 2. The number of hydrogen-bond acceptors (Lipinski definition) is 2. The molecule has 2 aromatic carbocycles. The fraction of sp³-hybridized carbons (Fsp3) is 0.125. The molecule has 1 heterocycles. The number of carbonyl (C=O) groups is 2. The fourth-order valence-electron chi connectivity index (χ4n) is 2.42. The van der Waals surface area contributed by atoms with E-state index in [4.69, 9.17) is 23.2 Å². The van der Waals surface area contributed by atoms with Gasteiger partial charge in [-0.05, 0) is 42.0 Å². The Hall–Kier alpha value is -2.04. The van der Waals surface area contributed by atoms with Crippen LogP contribution in [0, 0.1) is 0 Å². The average molecular weight is 335 g/mol. The van der Waals surface area contributed by atoms with Crippen LogP contribution in [0.5, 0.6) is 0 Å². The van der Waals surface area contributed by atoms with Crippen molar-refractivity contribution in [2.24, 2.45) is 0 Å². The molecule has 0 aromatic heterocycles. The van der Waals surface area contributed by atoms with Gasteiger partial charge in [-0.25, -0.2) is 0 Å². The first kappa shape index (κ1) is 14.9. The summed E-state index contributed by atoms with van der Waals surface area (Å²) in [6.07, 6.45) is 0.341. The Kier molecular flexibility index (Phi) is 3.81. The maximum Gasteiger partial charge on any atom is 0.257 e. The largest absolute Gasteiger partial charge is 0.322 e. The number of benzene rings is 2. The van der Waals surface area contributed by atoms with Crippen molar-refractivity contribution >= 4 is 46.4 Å². The number of nitrogens with one attached hydrogen (secondary N) is 1. The van der Waals surface area contributed by atoms with Crippen LogP contribution in [0.15, 0.2) is 36.4 Å². The second-order valence-electron chi connectivity index (χ2n) is 5.05. The molecular weight excluding hydrogens is 323 g/mol. The SMILES string of the molecule is CN1C(=O)Cc2cc(NC(=O)c3cc(Cl)ccc3Cl)ccc21. The molecule has 1 aliphatic heterocycles. The van der Waals surface area contributed by atoms with E-state index in [1.165, 1.54) is 6.07 Å². The Morgan fingerprint density at radius 1 is 1.18 bits per heavy atom. The second kappa shape index (κ2) is 5.63. The molecule has 2 aromatic rings. The van der Waals surface area contributed by atoms with Gasteiger partial charge in [-0.3, -0.25) is 9.59 Å².